The van der Waals surface area contributed by atoms with Gasteiger partial charge in [-0.05, 0) is 43.6 Å². The Morgan fingerprint density at radius 3 is 2.58 bits per heavy atom. The van der Waals surface area contributed by atoms with Crippen LogP contribution in [0.4, 0.5) is 0 Å². The molecule has 2 N–H and O–H groups in total. The summed E-state index contributed by atoms with van der Waals surface area (Å²) in [5.41, 5.74) is 1.11. The van der Waals surface area contributed by atoms with E-state index in [-0.39, 0.29) is 5.75 Å². The summed E-state index contributed by atoms with van der Waals surface area (Å²) in [5.74, 6) is 0.148. The summed E-state index contributed by atoms with van der Waals surface area (Å²) in [6.07, 6.45) is 5.45. The fourth-order valence-electron chi connectivity index (χ4n) is 2.49. The first-order valence-electron chi connectivity index (χ1n) is 7.16. The maximum Gasteiger partial charge on any atom is 0.134 e. The Morgan fingerprint density at radius 2 is 1.89 bits per heavy atom. The molecule has 106 valence electrons. The minimum atomic E-state index is 0.148. The van der Waals surface area contributed by atoms with Crippen molar-refractivity contribution in [2.75, 3.05) is 26.2 Å². The Hall–Kier alpha value is -0.770. The van der Waals surface area contributed by atoms with E-state index in [9.17, 15) is 5.11 Å². The van der Waals surface area contributed by atoms with Crippen molar-refractivity contribution in [2.45, 2.75) is 32.2 Å². The number of nitrogens with one attached hydrogen (secondary N) is 1. The van der Waals surface area contributed by atoms with Gasteiger partial charge in [0.05, 0.1) is 5.02 Å². The van der Waals surface area contributed by atoms with Gasteiger partial charge in [0.2, 0.25) is 0 Å². The Kier molecular flexibility index (Phi) is 5.95. The molecule has 1 aromatic rings. The van der Waals surface area contributed by atoms with Gasteiger partial charge in [0, 0.05) is 19.6 Å². The smallest absolute Gasteiger partial charge is 0.134 e. The lowest BCUT2D eigenvalue weighted by atomic mass is 10.2. The Bertz CT molecular complexity index is 390. The molecule has 1 heterocycles. The van der Waals surface area contributed by atoms with Gasteiger partial charge in [0.1, 0.15) is 5.75 Å². The zero-order valence-corrected chi connectivity index (χ0v) is 12.1. The second-order valence-corrected chi connectivity index (χ2v) is 5.63. The van der Waals surface area contributed by atoms with Gasteiger partial charge in [0.25, 0.3) is 0 Å². The summed E-state index contributed by atoms with van der Waals surface area (Å²) in [6, 6.07) is 5.37. The molecule has 1 fully saturated rings. The summed E-state index contributed by atoms with van der Waals surface area (Å²) in [4.78, 5) is 2.55. The van der Waals surface area contributed by atoms with Gasteiger partial charge in [-0.1, -0.05) is 30.5 Å². The second-order valence-electron chi connectivity index (χ2n) is 5.22. The van der Waals surface area contributed by atoms with Crippen molar-refractivity contribution in [3.8, 4) is 5.75 Å². The summed E-state index contributed by atoms with van der Waals surface area (Å²) in [5, 5.41) is 13.2. The number of halogens is 1. The molecule has 0 atom stereocenters. The molecule has 0 radical (unpaired) electrons. The largest absolute Gasteiger partial charge is 0.506 e. The van der Waals surface area contributed by atoms with Crippen molar-refractivity contribution >= 4 is 11.6 Å². The predicted molar refractivity (Wildman–Crippen MR) is 79.7 cm³/mol. The topological polar surface area (TPSA) is 35.5 Å². The molecule has 0 amide bonds. The van der Waals surface area contributed by atoms with E-state index in [2.05, 4.69) is 10.2 Å². The molecular formula is C15H23ClN2O. The van der Waals surface area contributed by atoms with E-state index in [0.717, 1.165) is 25.2 Å². The van der Waals surface area contributed by atoms with Crippen LogP contribution in [0, 0.1) is 0 Å². The lowest BCUT2D eigenvalue weighted by molar-refractivity contribution is 0.284. The Labute approximate surface area is 120 Å². The highest BCUT2D eigenvalue weighted by Gasteiger charge is 2.07. The molecule has 0 unspecified atom stereocenters. The molecule has 1 aliphatic rings. The molecule has 1 saturated heterocycles. The van der Waals surface area contributed by atoms with Gasteiger partial charge < -0.3 is 15.3 Å². The summed E-state index contributed by atoms with van der Waals surface area (Å²) < 4.78 is 0. The average Bonchev–Trinajstić information content (AvgIpc) is 2.67. The zero-order chi connectivity index (χ0) is 13.5. The van der Waals surface area contributed by atoms with E-state index in [1.54, 1.807) is 6.07 Å². The van der Waals surface area contributed by atoms with Crippen LogP contribution in [0.1, 0.15) is 31.2 Å². The van der Waals surface area contributed by atoms with Crippen LogP contribution in [0.25, 0.3) is 0 Å². The average molecular weight is 283 g/mol. The third kappa shape index (κ3) is 5.01. The number of phenols is 1. The van der Waals surface area contributed by atoms with Crippen molar-refractivity contribution in [3.05, 3.63) is 28.8 Å². The third-order valence-electron chi connectivity index (χ3n) is 3.64. The molecule has 0 aliphatic carbocycles. The molecule has 1 aromatic carbocycles. The predicted octanol–water partition coefficient (Wildman–Crippen LogP) is 3.01. The van der Waals surface area contributed by atoms with Crippen LogP contribution in [0.3, 0.4) is 0 Å². The summed E-state index contributed by atoms with van der Waals surface area (Å²) in [6.45, 7) is 5.40. The number of phenolic OH excluding ortho intramolecular Hbond substituents is 1. The monoisotopic (exact) mass is 282 g/mol. The first-order chi connectivity index (χ1) is 9.25. The van der Waals surface area contributed by atoms with Gasteiger partial charge in [-0.3, -0.25) is 0 Å². The van der Waals surface area contributed by atoms with E-state index >= 15 is 0 Å². The number of rotatable bonds is 5. The highest BCUT2D eigenvalue weighted by atomic mass is 35.5. The highest BCUT2D eigenvalue weighted by Crippen LogP contribution is 2.23. The van der Waals surface area contributed by atoms with Crippen molar-refractivity contribution in [2.24, 2.45) is 0 Å². The van der Waals surface area contributed by atoms with Crippen molar-refractivity contribution in [1.82, 2.24) is 10.2 Å². The van der Waals surface area contributed by atoms with E-state index < -0.39 is 0 Å². The first kappa shape index (κ1) is 14.6. The molecular weight excluding hydrogens is 260 g/mol. The minimum absolute atomic E-state index is 0.148. The van der Waals surface area contributed by atoms with Gasteiger partial charge in [0.15, 0.2) is 0 Å². The van der Waals surface area contributed by atoms with Crippen molar-refractivity contribution < 1.29 is 5.11 Å². The Morgan fingerprint density at radius 1 is 1.16 bits per heavy atom. The molecule has 3 nitrogen and oxygen atoms in total. The standard InChI is InChI=1S/C15H23ClN2O/c16-14-11-13(5-6-15(14)19)12-17-7-10-18-8-3-1-2-4-9-18/h5-6,11,17,19H,1-4,7-10,12H2. The molecule has 0 saturated carbocycles. The van der Waals surface area contributed by atoms with E-state index in [1.807, 2.05) is 12.1 Å². The molecule has 19 heavy (non-hydrogen) atoms. The number of aromatic hydroxyl groups is 1. The SMILES string of the molecule is Oc1ccc(CNCCN2CCCCCC2)cc1Cl. The van der Waals surface area contributed by atoms with Crippen LogP contribution < -0.4 is 5.32 Å². The lowest BCUT2D eigenvalue weighted by Gasteiger charge is -2.19. The molecule has 4 heteroatoms. The van der Waals surface area contributed by atoms with Crippen molar-refractivity contribution in [1.29, 1.82) is 0 Å². The highest BCUT2D eigenvalue weighted by molar-refractivity contribution is 6.32. The lowest BCUT2D eigenvalue weighted by Crippen LogP contribution is -2.32. The molecule has 1 aliphatic heterocycles. The number of likely N-dealkylation sites (tertiary alicyclic amines) is 1. The number of hydrogen-bond donors (Lipinski definition) is 2. The van der Waals surface area contributed by atoms with Crippen LogP contribution in [-0.2, 0) is 6.54 Å². The van der Waals surface area contributed by atoms with Crippen molar-refractivity contribution in [3.63, 3.8) is 0 Å². The number of benzene rings is 1. The van der Waals surface area contributed by atoms with Crippen LogP contribution in [0.2, 0.25) is 5.02 Å². The summed E-state index contributed by atoms with van der Waals surface area (Å²) >= 11 is 5.88. The van der Waals surface area contributed by atoms with Crippen LogP contribution >= 0.6 is 11.6 Å². The van der Waals surface area contributed by atoms with Crippen LogP contribution in [0.5, 0.6) is 5.75 Å². The van der Waals surface area contributed by atoms with Gasteiger partial charge in [-0.2, -0.15) is 0 Å². The number of nitrogens with zero attached hydrogens (tertiary/aromatic N) is 1. The van der Waals surface area contributed by atoms with Crippen LogP contribution in [0.15, 0.2) is 18.2 Å². The Balaban J connectivity index is 1.67. The fourth-order valence-corrected chi connectivity index (χ4v) is 2.69. The van der Waals surface area contributed by atoms with Gasteiger partial charge in [-0.25, -0.2) is 0 Å². The fraction of sp³-hybridized carbons (Fsp3) is 0.600. The quantitative estimate of drug-likeness (QED) is 0.815. The van der Waals surface area contributed by atoms with E-state index in [0.29, 0.717) is 5.02 Å². The van der Waals surface area contributed by atoms with Gasteiger partial charge >= 0.3 is 0 Å². The van der Waals surface area contributed by atoms with E-state index in [1.165, 1.54) is 38.8 Å². The minimum Gasteiger partial charge on any atom is -0.506 e. The molecule has 0 bridgehead atoms. The van der Waals surface area contributed by atoms with E-state index in [4.69, 9.17) is 11.6 Å². The third-order valence-corrected chi connectivity index (χ3v) is 3.95. The van der Waals surface area contributed by atoms with Gasteiger partial charge in [-0.15, -0.1) is 0 Å². The molecule has 0 spiro atoms. The summed E-state index contributed by atoms with van der Waals surface area (Å²) in [7, 11) is 0. The zero-order valence-electron chi connectivity index (χ0n) is 11.4. The maximum absolute atomic E-state index is 9.35. The molecule has 2 rings (SSSR count). The second kappa shape index (κ2) is 7.73. The molecule has 0 aromatic heterocycles. The normalized spacial score (nSPS) is 17.3. The number of hydrogen-bond acceptors (Lipinski definition) is 3. The first-order valence-corrected chi connectivity index (χ1v) is 7.54. The maximum atomic E-state index is 9.35. The van der Waals surface area contributed by atoms with Crippen LogP contribution in [-0.4, -0.2) is 36.2 Å².